The number of amides is 1. The maximum Gasteiger partial charge on any atom is 0.410 e. The van der Waals surface area contributed by atoms with Gasteiger partial charge in [0.25, 0.3) is 0 Å². The summed E-state index contributed by atoms with van der Waals surface area (Å²) in [6, 6.07) is 8.26. The molecule has 0 atom stereocenters. The Balaban J connectivity index is 2.33. The Morgan fingerprint density at radius 3 is 2.46 bits per heavy atom. The molecule has 0 unspecified atom stereocenters. The van der Waals surface area contributed by atoms with Crippen LogP contribution < -0.4 is 5.32 Å². The second-order valence-corrected chi connectivity index (χ2v) is 6.79. The van der Waals surface area contributed by atoms with Crippen LogP contribution in [0, 0.1) is 0 Å². The van der Waals surface area contributed by atoms with E-state index in [-0.39, 0.29) is 6.09 Å². The Morgan fingerprint density at radius 2 is 1.88 bits per heavy atom. The molecule has 1 N–H and O–H groups in total. The van der Waals surface area contributed by atoms with Gasteiger partial charge in [-0.3, -0.25) is 0 Å². The third kappa shape index (κ3) is 7.79. The molecule has 0 bridgehead atoms. The van der Waals surface area contributed by atoms with Crippen molar-refractivity contribution in [2.45, 2.75) is 52.9 Å². The molecule has 5 nitrogen and oxygen atoms in total. The molecule has 136 valence electrons. The standard InChI is InChI=1S/C19H32N2O3/c1-6-21(18(22)24-19(2,3)4)13-9-12-20-14-16-10-7-8-11-17(16)15-23-5/h7-8,10-11,20H,6,9,12-15H2,1-5H3. The molecule has 1 amide bonds. The summed E-state index contributed by atoms with van der Waals surface area (Å²) in [6.45, 7) is 11.3. The zero-order chi connectivity index (χ0) is 18.0. The van der Waals surface area contributed by atoms with Crippen molar-refractivity contribution in [3.05, 3.63) is 35.4 Å². The summed E-state index contributed by atoms with van der Waals surface area (Å²) in [7, 11) is 1.71. The topological polar surface area (TPSA) is 50.8 Å². The number of rotatable bonds is 9. The molecule has 0 aliphatic carbocycles. The first kappa shape index (κ1) is 20.5. The molecule has 0 radical (unpaired) electrons. The minimum Gasteiger partial charge on any atom is -0.444 e. The van der Waals surface area contributed by atoms with Gasteiger partial charge in [0.05, 0.1) is 6.61 Å². The number of carbonyl (C=O) groups is 1. The molecule has 0 saturated carbocycles. The van der Waals surface area contributed by atoms with Crippen molar-refractivity contribution >= 4 is 6.09 Å². The third-order valence-corrected chi connectivity index (χ3v) is 3.55. The van der Waals surface area contributed by atoms with E-state index < -0.39 is 5.60 Å². The lowest BCUT2D eigenvalue weighted by atomic mass is 10.1. The molecule has 0 heterocycles. The third-order valence-electron chi connectivity index (χ3n) is 3.55. The summed E-state index contributed by atoms with van der Waals surface area (Å²) < 4.78 is 10.6. The van der Waals surface area contributed by atoms with Crippen LogP contribution in [-0.4, -0.2) is 43.3 Å². The minimum atomic E-state index is -0.451. The van der Waals surface area contributed by atoms with Crippen LogP contribution in [0.5, 0.6) is 0 Å². The SMILES string of the molecule is CCN(CCCNCc1ccccc1COC)C(=O)OC(C)(C)C. The van der Waals surface area contributed by atoms with Crippen molar-refractivity contribution in [1.29, 1.82) is 0 Å². The number of hydrogen-bond acceptors (Lipinski definition) is 4. The van der Waals surface area contributed by atoms with Crippen molar-refractivity contribution in [2.75, 3.05) is 26.7 Å². The molecule has 24 heavy (non-hydrogen) atoms. The van der Waals surface area contributed by atoms with E-state index in [1.807, 2.05) is 39.8 Å². The lowest BCUT2D eigenvalue weighted by molar-refractivity contribution is 0.0258. The number of carbonyl (C=O) groups excluding carboxylic acids is 1. The molecular weight excluding hydrogens is 304 g/mol. The molecule has 1 rings (SSSR count). The maximum atomic E-state index is 12.1. The van der Waals surface area contributed by atoms with Crippen molar-refractivity contribution in [3.8, 4) is 0 Å². The van der Waals surface area contributed by atoms with Gasteiger partial charge in [0.15, 0.2) is 0 Å². The molecule has 0 saturated heterocycles. The Hall–Kier alpha value is -1.59. The van der Waals surface area contributed by atoms with Gasteiger partial charge in [0.1, 0.15) is 5.60 Å². The maximum absolute atomic E-state index is 12.1. The van der Waals surface area contributed by atoms with Crippen LogP contribution in [-0.2, 0) is 22.6 Å². The van der Waals surface area contributed by atoms with Crippen molar-refractivity contribution < 1.29 is 14.3 Å². The average molecular weight is 336 g/mol. The highest BCUT2D eigenvalue weighted by Crippen LogP contribution is 2.11. The van der Waals surface area contributed by atoms with E-state index in [0.717, 1.165) is 19.5 Å². The molecule has 0 aromatic heterocycles. The molecular formula is C19H32N2O3. The average Bonchev–Trinajstić information content (AvgIpc) is 2.50. The second-order valence-electron chi connectivity index (χ2n) is 6.79. The van der Waals surface area contributed by atoms with Crippen LogP contribution in [0.1, 0.15) is 45.2 Å². The van der Waals surface area contributed by atoms with E-state index >= 15 is 0 Å². The summed E-state index contributed by atoms with van der Waals surface area (Å²) in [5, 5.41) is 3.43. The molecule has 0 spiro atoms. The van der Waals surface area contributed by atoms with E-state index in [0.29, 0.717) is 19.7 Å². The van der Waals surface area contributed by atoms with Crippen molar-refractivity contribution in [3.63, 3.8) is 0 Å². The Labute approximate surface area is 146 Å². The zero-order valence-electron chi connectivity index (χ0n) is 15.7. The Bertz CT molecular complexity index is 498. The first-order valence-corrected chi connectivity index (χ1v) is 8.61. The molecule has 1 aromatic rings. The van der Waals surface area contributed by atoms with Gasteiger partial charge in [0.2, 0.25) is 0 Å². The fourth-order valence-electron chi connectivity index (χ4n) is 2.35. The summed E-state index contributed by atoms with van der Waals surface area (Å²) >= 11 is 0. The van der Waals surface area contributed by atoms with Crippen LogP contribution in [0.25, 0.3) is 0 Å². The monoisotopic (exact) mass is 336 g/mol. The van der Waals surface area contributed by atoms with Crippen LogP contribution in [0.15, 0.2) is 24.3 Å². The Morgan fingerprint density at radius 1 is 1.21 bits per heavy atom. The summed E-state index contributed by atoms with van der Waals surface area (Å²) in [5.74, 6) is 0. The van der Waals surface area contributed by atoms with Crippen LogP contribution in [0.4, 0.5) is 4.79 Å². The number of benzene rings is 1. The van der Waals surface area contributed by atoms with Gasteiger partial charge in [-0.15, -0.1) is 0 Å². The molecule has 0 aliphatic rings. The van der Waals surface area contributed by atoms with Crippen LogP contribution >= 0.6 is 0 Å². The lowest BCUT2D eigenvalue weighted by Crippen LogP contribution is -2.38. The quantitative estimate of drug-likeness (QED) is 0.701. The van der Waals surface area contributed by atoms with Gasteiger partial charge in [-0.2, -0.15) is 0 Å². The number of hydrogen-bond donors (Lipinski definition) is 1. The lowest BCUT2D eigenvalue weighted by Gasteiger charge is -2.26. The first-order valence-electron chi connectivity index (χ1n) is 8.61. The van der Waals surface area contributed by atoms with E-state index in [1.165, 1.54) is 11.1 Å². The molecule has 1 aromatic carbocycles. The highest BCUT2D eigenvalue weighted by Gasteiger charge is 2.20. The van der Waals surface area contributed by atoms with Crippen molar-refractivity contribution in [1.82, 2.24) is 10.2 Å². The number of nitrogens with one attached hydrogen (secondary N) is 1. The van der Waals surface area contributed by atoms with E-state index in [2.05, 4.69) is 17.4 Å². The van der Waals surface area contributed by atoms with Gasteiger partial charge < -0.3 is 19.7 Å². The zero-order valence-corrected chi connectivity index (χ0v) is 15.7. The van der Waals surface area contributed by atoms with E-state index in [9.17, 15) is 4.79 Å². The smallest absolute Gasteiger partial charge is 0.410 e. The fraction of sp³-hybridized carbons (Fsp3) is 0.632. The van der Waals surface area contributed by atoms with E-state index in [4.69, 9.17) is 9.47 Å². The highest BCUT2D eigenvalue weighted by atomic mass is 16.6. The largest absolute Gasteiger partial charge is 0.444 e. The van der Waals surface area contributed by atoms with Crippen molar-refractivity contribution in [2.24, 2.45) is 0 Å². The number of ether oxygens (including phenoxy) is 2. The number of methoxy groups -OCH3 is 1. The minimum absolute atomic E-state index is 0.240. The summed E-state index contributed by atoms with van der Waals surface area (Å²) in [4.78, 5) is 13.8. The predicted molar refractivity (Wildman–Crippen MR) is 97.0 cm³/mol. The molecule has 0 fully saturated rings. The predicted octanol–water partition coefficient (Wildman–Crippen LogP) is 3.57. The van der Waals surface area contributed by atoms with Gasteiger partial charge >= 0.3 is 6.09 Å². The molecule has 5 heteroatoms. The summed E-state index contributed by atoms with van der Waals surface area (Å²) in [5.41, 5.74) is 2.00. The highest BCUT2D eigenvalue weighted by molar-refractivity contribution is 5.68. The second kappa shape index (κ2) is 10.3. The fourth-order valence-corrected chi connectivity index (χ4v) is 2.35. The Kier molecular flexibility index (Phi) is 8.79. The van der Waals surface area contributed by atoms with Crippen LogP contribution in [0.3, 0.4) is 0 Å². The molecule has 0 aliphatic heterocycles. The van der Waals surface area contributed by atoms with Gasteiger partial charge in [-0.05, 0) is 51.8 Å². The van der Waals surface area contributed by atoms with Gasteiger partial charge in [0, 0.05) is 26.7 Å². The van der Waals surface area contributed by atoms with Gasteiger partial charge in [-0.25, -0.2) is 4.79 Å². The van der Waals surface area contributed by atoms with Crippen LogP contribution in [0.2, 0.25) is 0 Å². The van der Waals surface area contributed by atoms with Gasteiger partial charge in [-0.1, -0.05) is 24.3 Å². The number of nitrogens with zero attached hydrogens (tertiary/aromatic N) is 1. The van der Waals surface area contributed by atoms with E-state index in [1.54, 1.807) is 12.0 Å². The first-order chi connectivity index (χ1) is 11.4. The summed E-state index contributed by atoms with van der Waals surface area (Å²) in [6.07, 6.45) is 0.648. The normalized spacial score (nSPS) is 11.4.